The summed E-state index contributed by atoms with van der Waals surface area (Å²) in [4.78, 5) is 6.63. The summed E-state index contributed by atoms with van der Waals surface area (Å²) in [6.45, 7) is 7.69. The second-order valence-electron chi connectivity index (χ2n) is 5.69. The molecular formula is C12H21N3O2. The normalized spacial score (nSPS) is 16.8. The van der Waals surface area contributed by atoms with E-state index in [4.69, 9.17) is 9.63 Å². The zero-order valence-corrected chi connectivity index (χ0v) is 10.8. The van der Waals surface area contributed by atoms with Crippen molar-refractivity contribution in [1.29, 1.82) is 0 Å². The van der Waals surface area contributed by atoms with Crippen LogP contribution in [-0.2, 0) is 12.0 Å². The lowest BCUT2D eigenvalue weighted by Crippen LogP contribution is -2.29. The van der Waals surface area contributed by atoms with Crippen LogP contribution in [0, 0.1) is 0 Å². The van der Waals surface area contributed by atoms with Crippen LogP contribution in [0.5, 0.6) is 0 Å². The number of hydrogen-bond donors (Lipinski definition) is 1. The van der Waals surface area contributed by atoms with E-state index in [0.717, 1.165) is 5.82 Å². The molecule has 1 aliphatic rings. The van der Waals surface area contributed by atoms with Gasteiger partial charge in [0.2, 0.25) is 5.89 Å². The Morgan fingerprint density at radius 2 is 2.12 bits per heavy atom. The Bertz CT molecular complexity index is 366. The molecule has 17 heavy (non-hydrogen) atoms. The summed E-state index contributed by atoms with van der Waals surface area (Å²) in [5.41, 5.74) is -0.105. The van der Waals surface area contributed by atoms with Crippen molar-refractivity contribution in [3.63, 3.8) is 0 Å². The molecular weight excluding hydrogens is 218 g/mol. The molecule has 0 spiro atoms. The van der Waals surface area contributed by atoms with Crippen molar-refractivity contribution < 1.29 is 9.63 Å². The summed E-state index contributed by atoms with van der Waals surface area (Å²) in [5.74, 6) is 1.39. The van der Waals surface area contributed by atoms with E-state index >= 15 is 0 Å². The highest BCUT2D eigenvalue weighted by atomic mass is 16.5. The number of aliphatic hydroxyl groups is 1. The predicted molar refractivity (Wildman–Crippen MR) is 63.5 cm³/mol. The molecule has 1 aliphatic carbocycles. The third-order valence-electron chi connectivity index (χ3n) is 2.90. The quantitative estimate of drug-likeness (QED) is 0.839. The molecule has 1 heterocycles. The first-order valence-electron chi connectivity index (χ1n) is 6.18. The Balaban J connectivity index is 1.99. The van der Waals surface area contributed by atoms with Crippen molar-refractivity contribution in [2.24, 2.45) is 0 Å². The van der Waals surface area contributed by atoms with Crippen molar-refractivity contribution in [1.82, 2.24) is 15.0 Å². The van der Waals surface area contributed by atoms with Crippen molar-refractivity contribution >= 4 is 0 Å². The van der Waals surface area contributed by atoms with Crippen LogP contribution in [0.15, 0.2) is 4.52 Å². The largest absolute Gasteiger partial charge is 0.395 e. The van der Waals surface area contributed by atoms with Crippen LogP contribution < -0.4 is 0 Å². The van der Waals surface area contributed by atoms with E-state index in [1.807, 2.05) is 0 Å². The molecule has 5 heteroatoms. The second-order valence-corrected chi connectivity index (χ2v) is 5.69. The van der Waals surface area contributed by atoms with Gasteiger partial charge in [-0.3, -0.25) is 4.90 Å². The number of aliphatic hydroxyl groups excluding tert-OH is 1. The first-order valence-corrected chi connectivity index (χ1v) is 6.18. The van der Waals surface area contributed by atoms with Crippen LogP contribution in [0.2, 0.25) is 0 Å². The van der Waals surface area contributed by atoms with Gasteiger partial charge in [0.25, 0.3) is 0 Å². The molecule has 0 atom stereocenters. The first-order chi connectivity index (χ1) is 8.00. The fourth-order valence-corrected chi connectivity index (χ4v) is 1.76. The van der Waals surface area contributed by atoms with Crippen LogP contribution in [0.3, 0.4) is 0 Å². The Morgan fingerprint density at radius 1 is 1.41 bits per heavy atom. The molecule has 0 bridgehead atoms. The molecule has 5 nitrogen and oxygen atoms in total. The van der Waals surface area contributed by atoms with E-state index in [1.165, 1.54) is 12.8 Å². The lowest BCUT2D eigenvalue weighted by molar-refractivity contribution is 0.178. The van der Waals surface area contributed by atoms with Gasteiger partial charge < -0.3 is 9.63 Å². The highest BCUT2D eigenvalue weighted by Crippen LogP contribution is 2.28. The number of aromatic nitrogens is 2. The van der Waals surface area contributed by atoms with Crippen molar-refractivity contribution in [2.75, 3.05) is 13.2 Å². The average molecular weight is 239 g/mol. The Morgan fingerprint density at radius 3 is 2.59 bits per heavy atom. The highest BCUT2D eigenvalue weighted by molar-refractivity contribution is 4.99. The van der Waals surface area contributed by atoms with Gasteiger partial charge in [0, 0.05) is 18.0 Å². The molecule has 2 rings (SSSR count). The number of hydrogen-bond acceptors (Lipinski definition) is 5. The van der Waals surface area contributed by atoms with Gasteiger partial charge in [-0.2, -0.15) is 4.98 Å². The van der Waals surface area contributed by atoms with Gasteiger partial charge in [0.15, 0.2) is 5.82 Å². The van der Waals surface area contributed by atoms with Crippen LogP contribution in [0.4, 0.5) is 0 Å². The summed E-state index contributed by atoms with van der Waals surface area (Å²) >= 11 is 0. The highest BCUT2D eigenvalue weighted by Gasteiger charge is 2.30. The fourth-order valence-electron chi connectivity index (χ4n) is 1.76. The van der Waals surface area contributed by atoms with Gasteiger partial charge in [-0.1, -0.05) is 25.9 Å². The topological polar surface area (TPSA) is 62.4 Å². The van der Waals surface area contributed by atoms with Crippen LogP contribution >= 0.6 is 0 Å². The van der Waals surface area contributed by atoms with Crippen LogP contribution in [-0.4, -0.2) is 39.3 Å². The second kappa shape index (κ2) is 4.74. The lowest BCUT2D eigenvalue weighted by atomic mass is 9.97. The van der Waals surface area contributed by atoms with E-state index in [1.54, 1.807) is 0 Å². The van der Waals surface area contributed by atoms with Gasteiger partial charge in [0.05, 0.1) is 13.2 Å². The smallest absolute Gasteiger partial charge is 0.232 e. The van der Waals surface area contributed by atoms with Gasteiger partial charge in [-0.15, -0.1) is 0 Å². The predicted octanol–water partition coefficient (Wildman–Crippen LogP) is 1.32. The lowest BCUT2D eigenvalue weighted by Gasteiger charge is -2.18. The Hall–Kier alpha value is -0.940. The summed E-state index contributed by atoms with van der Waals surface area (Å²) in [7, 11) is 0. The molecule has 1 aromatic rings. The SMILES string of the molecule is CC(C)(C)c1nc(CN(CCO)C2CC2)no1. The molecule has 96 valence electrons. The maximum atomic E-state index is 9.02. The van der Waals surface area contributed by atoms with Crippen molar-refractivity contribution in [3.05, 3.63) is 11.7 Å². The molecule has 0 radical (unpaired) electrons. The minimum atomic E-state index is -0.105. The third-order valence-corrected chi connectivity index (χ3v) is 2.90. The van der Waals surface area contributed by atoms with Gasteiger partial charge in [-0.25, -0.2) is 0 Å². The standard InChI is InChI=1S/C12H21N3O2/c1-12(2,3)11-13-10(14-17-11)8-15(6-7-16)9-4-5-9/h9,16H,4-8H2,1-3H3. The zero-order valence-electron chi connectivity index (χ0n) is 10.8. The van der Waals surface area contributed by atoms with Gasteiger partial charge >= 0.3 is 0 Å². The molecule has 0 saturated heterocycles. The molecule has 1 aromatic heterocycles. The first kappa shape index (κ1) is 12.5. The van der Waals surface area contributed by atoms with Crippen LogP contribution in [0.1, 0.15) is 45.3 Å². The minimum Gasteiger partial charge on any atom is -0.395 e. The van der Waals surface area contributed by atoms with E-state index < -0.39 is 0 Å². The van der Waals surface area contributed by atoms with Gasteiger partial charge in [-0.05, 0) is 12.8 Å². The Kier molecular flexibility index (Phi) is 3.49. The number of rotatable bonds is 5. The molecule has 0 unspecified atom stereocenters. The third kappa shape index (κ3) is 3.26. The zero-order chi connectivity index (χ0) is 12.5. The van der Waals surface area contributed by atoms with E-state index in [2.05, 4.69) is 35.8 Å². The van der Waals surface area contributed by atoms with Crippen molar-refractivity contribution in [3.8, 4) is 0 Å². The molecule has 1 saturated carbocycles. The summed E-state index contributed by atoms with van der Waals surface area (Å²) < 4.78 is 5.26. The van der Waals surface area contributed by atoms with E-state index in [9.17, 15) is 0 Å². The molecule has 1 fully saturated rings. The fraction of sp³-hybridized carbons (Fsp3) is 0.833. The number of nitrogens with zero attached hydrogens (tertiary/aromatic N) is 3. The molecule has 0 amide bonds. The summed E-state index contributed by atoms with van der Waals surface area (Å²) in [6.07, 6.45) is 2.42. The van der Waals surface area contributed by atoms with Crippen LogP contribution in [0.25, 0.3) is 0 Å². The van der Waals surface area contributed by atoms with E-state index in [0.29, 0.717) is 25.0 Å². The maximum absolute atomic E-state index is 9.02. The summed E-state index contributed by atoms with van der Waals surface area (Å²) in [5, 5.41) is 13.0. The molecule has 0 aromatic carbocycles. The van der Waals surface area contributed by atoms with E-state index in [-0.39, 0.29) is 12.0 Å². The monoisotopic (exact) mass is 239 g/mol. The van der Waals surface area contributed by atoms with Gasteiger partial charge in [0.1, 0.15) is 0 Å². The molecule has 1 N–H and O–H groups in total. The van der Waals surface area contributed by atoms with Crippen molar-refractivity contribution in [2.45, 2.75) is 51.6 Å². The summed E-state index contributed by atoms with van der Waals surface area (Å²) in [6, 6.07) is 0.596. The minimum absolute atomic E-state index is 0.105. The molecule has 0 aliphatic heterocycles. The Labute approximate surface area is 102 Å². The average Bonchev–Trinajstić information content (AvgIpc) is 2.96. The maximum Gasteiger partial charge on any atom is 0.232 e.